The van der Waals surface area contributed by atoms with E-state index in [4.69, 9.17) is 0 Å². The third kappa shape index (κ3) is 3.45. The summed E-state index contributed by atoms with van der Waals surface area (Å²) in [6, 6.07) is 1.67. The fourth-order valence-electron chi connectivity index (χ4n) is 1.97. The van der Waals surface area contributed by atoms with Crippen molar-refractivity contribution in [3.05, 3.63) is 18.5 Å². The van der Waals surface area contributed by atoms with E-state index >= 15 is 0 Å². The molecule has 0 fully saturated rings. The number of sulfonamides is 1. The molecule has 0 amide bonds. The molecule has 0 aromatic carbocycles. The first-order valence-electron chi connectivity index (χ1n) is 6.68. The molecule has 19 heavy (non-hydrogen) atoms. The molecule has 1 unspecified atom stereocenters. The van der Waals surface area contributed by atoms with Gasteiger partial charge < -0.3 is 5.32 Å². The Bertz CT molecular complexity index is 502. The third-order valence-corrected chi connectivity index (χ3v) is 5.25. The van der Waals surface area contributed by atoms with Gasteiger partial charge in [-0.25, -0.2) is 8.42 Å². The zero-order valence-corrected chi connectivity index (χ0v) is 12.9. The van der Waals surface area contributed by atoms with E-state index in [2.05, 4.69) is 10.3 Å². The summed E-state index contributed by atoms with van der Waals surface area (Å²) >= 11 is 0. The Labute approximate surface area is 116 Å². The van der Waals surface area contributed by atoms with Gasteiger partial charge in [0.1, 0.15) is 4.90 Å². The van der Waals surface area contributed by atoms with Gasteiger partial charge in [0.2, 0.25) is 10.0 Å². The first-order valence-corrected chi connectivity index (χ1v) is 8.12. The van der Waals surface area contributed by atoms with Crippen LogP contribution in [0.15, 0.2) is 23.4 Å². The normalized spacial score (nSPS) is 13.5. The van der Waals surface area contributed by atoms with Gasteiger partial charge in [-0.05, 0) is 26.3 Å². The second-order valence-corrected chi connectivity index (χ2v) is 6.23. The molecule has 0 radical (unpaired) electrons. The van der Waals surface area contributed by atoms with Crippen molar-refractivity contribution in [2.75, 3.05) is 18.4 Å². The van der Waals surface area contributed by atoms with Crippen LogP contribution < -0.4 is 5.32 Å². The van der Waals surface area contributed by atoms with Crippen molar-refractivity contribution in [3.8, 4) is 0 Å². The summed E-state index contributed by atoms with van der Waals surface area (Å²) in [5, 5.41) is 3.07. The number of nitrogens with one attached hydrogen (secondary N) is 1. The molecule has 1 aromatic heterocycles. The van der Waals surface area contributed by atoms with E-state index in [9.17, 15) is 8.42 Å². The first kappa shape index (κ1) is 15.9. The van der Waals surface area contributed by atoms with Crippen LogP contribution in [0.2, 0.25) is 0 Å². The highest BCUT2D eigenvalue weighted by molar-refractivity contribution is 7.89. The molecule has 108 valence electrons. The second kappa shape index (κ2) is 6.86. The topological polar surface area (TPSA) is 62.3 Å². The average Bonchev–Trinajstić information content (AvgIpc) is 2.39. The summed E-state index contributed by atoms with van der Waals surface area (Å²) in [5.74, 6) is 0. The summed E-state index contributed by atoms with van der Waals surface area (Å²) in [5.41, 5.74) is 0.610. The minimum atomic E-state index is -3.51. The summed E-state index contributed by atoms with van der Waals surface area (Å²) in [7, 11) is -3.51. The highest BCUT2D eigenvalue weighted by Gasteiger charge is 2.29. The number of anilines is 1. The standard InChI is InChI=1S/C13H23N3O2S/c1-5-11(4)16(7-3)19(17,18)13-10-14-9-8-12(13)15-6-2/h8-11H,5-7H2,1-4H3,(H,14,15). The van der Waals surface area contributed by atoms with Crippen molar-refractivity contribution in [2.24, 2.45) is 0 Å². The summed E-state index contributed by atoms with van der Waals surface area (Å²) in [6.07, 6.45) is 3.79. The Kier molecular flexibility index (Phi) is 5.75. The van der Waals surface area contributed by atoms with E-state index in [1.807, 2.05) is 27.7 Å². The molecular weight excluding hydrogens is 262 g/mol. The van der Waals surface area contributed by atoms with Gasteiger partial charge in [-0.2, -0.15) is 4.31 Å². The van der Waals surface area contributed by atoms with Crippen LogP contribution in [-0.4, -0.2) is 36.8 Å². The molecule has 1 N–H and O–H groups in total. The van der Waals surface area contributed by atoms with Gasteiger partial charge in [-0.1, -0.05) is 13.8 Å². The van der Waals surface area contributed by atoms with Crippen molar-refractivity contribution >= 4 is 15.7 Å². The maximum atomic E-state index is 12.7. The summed E-state index contributed by atoms with van der Waals surface area (Å²) in [4.78, 5) is 4.20. The van der Waals surface area contributed by atoms with Gasteiger partial charge in [-0.3, -0.25) is 4.98 Å². The Balaban J connectivity index is 3.25. The van der Waals surface area contributed by atoms with Crippen LogP contribution in [0.4, 0.5) is 5.69 Å². The molecule has 5 nitrogen and oxygen atoms in total. The smallest absolute Gasteiger partial charge is 0.246 e. The van der Waals surface area contributed by atoms with Gasteiger partial charge in [0.15, 0.2) is 0 Å². The SMILES string of the molecule is CCNc1ccncc1S(=O)(=O)N(CC)C(C)CC. The van der Waals surface area contributed by atoms with Crippen LogP contribution in [0.25, 0.3) is 0 Å². The van der Waals surface area contributed by atoms with Crippen LogP contribution in [0.1, 0.15) is 34.1 Å². The van der Waals surface area contributed by atoms with Gasteiger partial charge in [0, 0.05) is 31.5 Å². The van der Waals surface area contributed by atoms with Crippen LogP contribution in [0, 0.1) is 0 Å². The van der Waals surface area contributed by atoms with Crippen molar-refractivity contribution in [1.82, 2.24) is 9.29 Å². The van der Waals surface area contributed by atoms with Crippen LogP contribution in [0.3, 0.4) is 0 Å². The molecule has 1 heterocycles. The van der Waals surface area contributed by atoms with E-state index < -0.39 is 10.0 Å². The molecule has 1 rings (SSSR count). The number of hydrogen-bond acceptors (Lipinski definition) is 4. The van der Waals surface area contributed by atoms with E-state index in [0.29, 0.717) is 18.8 Å². The molecule has 0 spiro atoms. The van der Waals surface area contributed by atoms with Gasteiger partial charge in [-0.15, -0.1) is 0 Å². The summed E-state index contributed by atoms with van der Waals surface area (Å²) < 4.78 is 26.9. The molecule has 1 atom stereocenters. The molecule has 0 saturated heterocycles. The predicted molar refractivity (Wildman–Crippen MR) is 77.7 cm³/mol. The van der Waals surface area contributed by atoms with E-state index in [1.54, 1.807) is 12.3 Å². The minimum absolute atomic E-state index is 0.0234. The van der Waals surface area contributed by atoms with Crippen LogP contribution >= 0.6 is 0 Å². The Morgan fingerprint density at radius 2 is 2.05 bits per heavy atom. The molecular formula is C13H23N3O2S. The molecule has 0 saturated carbocycles. The lowest BCUT2D eigenvalue weighted by Gasteiger charge is -2.27. The van der Waals surface area contributed by atoms with Gasteiger partial charge in [0.05, 0.1) is 5.69 Å². The lowest BCUT2D eigenvalue weighted by Crippen LogP contribution is -2.38. The van der Waals surface area contributed by atoms with Gasteiger partial charge in [0.25, 0.3) is 0 Å². The van der Waals surface area contributed by atoms with E-state index in [-0.39, 0.29) is 10.9 Å². The number of aromatic nitrogens is 1. The lowest BCUT2D eigenvalue weighted by molar-refractivity contribution is 0.342. The maximum Gasteiger partial charge on any atom is 0.246 e. The van der Waals surface area contributed by atoms with Crippen molar-refractivity contribution in [3.63, 3.8) is 0 Å². The number of pyridine rings is 1. The Morgan fingerprint density at radius 1 is 1.37 bits per heavy atom. The molecule has 0 aliphatic heterocycles. The highest BCUT2D eigenvalue weighted by Crippen LogP contribution is 2.25. The first-order chi connectivity index (χ1) is 8.98. The lowest BCUT2D eigenvalue weighted by atomic mass is 10.3. The quantitative estimate of drug-likeness (QED) is 0.835. The zero-order valence-electron chi connectivity index (χ0n) is 12.0. The van der Waals surface area contributed by atoms with Crippen molar-refractivity contribution in [1.29, 1.82) is 0 Å². The Morgan fingerprint density at radius 3 is 2.58 bits per heavy atom. The van der Waals surface area contributed by atoms with Crippen molar-refractivity contribution in [2.45, 2.75) is 45.1 Å². The Hall–Kier alpha value is -1.14. The average molecular weight is 285 g/mol. The van der Waals surface area contributed by atoms with E-state index in [0.717, 1.165) is 6.42 Å². The van der Waals surface area contributed by atoms with Gasteiger partial charge >= 0.3 is 0 Å². The van der Waals surface area contributed by atoms with E-state index in [1.165, 1.54) is 10.5 Å². The zero-order chi connectivity index (χ0) is 14.5. The minimum Gasteiger partial charge on any atom is -0.384 e. The molecule has 0 aliphatic carbocycles. The maximum absolute atomic E-state index is 12.7. The van der Waals surface area contributed by atoms with Crippen LogP contribution in [-0.2, 0) is 10.0 Å². The monoisotopic (exact) mass is 285 g/mol. The number of nitrogens with zero attached hydrogens (tertiary/aromatic N) is 2. The predicted octanol–water partition coefficient (Wildman–Crippen LogP) is 2.32. The highest BCUT2D eigenvalue weighted by atomic mass is 32.2. The largest absolute Gasteiger partial charge is 0.384 e. The fourth-order valence-corrected chi connectivity index (χ4v) is 3.80. The van der Waals surface area contributed by atoms with Crippen molar-refractivity contribution < 1.29 is 8.42 Å². The summed E-state index contributed by atoms with van der Waals surface area (Å²) in [6.45, 7) is 8.82. The molecule has 0 bridgehead atoms. The number of rotatable bonds is 7. The van der Waals surface area contributed by atoms with Crippen LogP contribution in [0.5, 0.6) is 0 Å². The third-order valence-electron chi connectivity index (χ3n) is 3.13. The fraction of sp³-hybridized carbons (Fsp3) is 0.615. The molecule has 6 heteroatoms. The second-order valence-electron chi connectivity index (χ2n) is 4.37. The molecule has 0 aliphatic rings. The molecule has 1 aromatic rings. The number of hydrogen-bond donors (Lipinski definition) is 1.